The highest BCUT2D eigenvalue weighted by atomic mass is 35.5. The zero-order valence-corrected chi connectivity index (χ0v) is 11.4. The first kappa shape index (κ1) is 12.2. The lowest BCUT2D eigenvalue weighted by Gasteiger charge is -2.18. The minimum atomic E-state index is -0.0490. The van der Waals surface area contributed by atoms with Gasteiger partial charge in [-0.2, -0.15) is 5.10 Å². The van der Waals surface area contributed by atoms with Crippen LogP contribution in [0.4, 0.5) is 0 Å². The maximum atomic E-state index is 6.24. The van der Waals surface area contributed by atoms with E-state index in [4.69, 9.17) is 11.6 Å². The quantitative estimate of drug-likeness (QED) is 0.737. The molecule has 3 heteroatoms. The van der Waals surface area contributed by atoms with Gasteiger partial charge in [0, 0.05) is 11.8 Å². The van der Waals surface area contributed by atoms with E-state index < -0.39 is 0 Å². The average molecular weight is 249 g/mol. The molecule has 0 amide bonds. The van der Waals surface area contributed by atoms with Crippen molar-refractivity contribution in [3.63, 3.8) is 0 Å². The van der Waals surface area contributed by atoms with Crippen LogP contribution in [0, 0.1) is 6.92 Å². The Morgan fingerprint density at radius 3 is 2.18 bits per heavy atom. The van der Waals surface area contributed by atoms with Gasteiger partial charge < -0.3 is 0 Å². The molecule has 0 aliphatic rings. The van der Waals surface area contributed by atoms with Crippen LogP contribution in [0.3, 0.4) is 0 Å². The van der Waals surface area contributed by atoms with E-state index in [9.17, 15) is 0 Å². The molecule has 2 rings (SSSR count). The van der Waals surface area contributed by atoms with Crippen LogP contribution < -0.4 is 0 Å². The fraction of sp³-hybridized carbons (Fsp3) is 0.357. The van der Waals surface area contributed by atoms with Gasteiger partial charge in [-0.1, -0.05) is 41.4 Å². The van der Waals surface area contributed by atoms with Crippen LogP contribution in [-0.2, 0) is 5.54 Å². The average Bonchev–Trinajstić information content (AvgIpc) is 2.61. The van der Waals surface area contributed by atoms with Crippen molar-refractivity contribution in [3.8, 4) is 11.3 Å². The molecule has 0 spiro atoms. The Bertz CT molecular complexity index is 518. The van der Waals surface area contributed by atoms with Gasteiger partial charge in [0.2, 0.25) is 0 Å². The smallest absolute Gasteiger partial charge is 0.111 e. The number of halogens is 1. The first-order chi connectivity index (χ1) is 7.88. The molecule has 17 heavy (non-hydrogen) atoms. The van der Waals surface area contributed by atoms with Crippen molar-refractivity contribution < 1.29 is 0 Å². The molecular weight excluding hydrogens is 232 g/mol. The Morgan fingerprint density at radius 1 is 1.12 bits per heavy atom. The molecule has 0 aliphatic carbocycles. The standard InChI is InChI=1S/C14H17ClN2/c1-10-5-7-11(8-6-10)13-12(15)9-17(16-13)14(2,3)4/h5-9H,1-4H3. The van der Waals surface area contributed by atoms with Gasteiger partial charge in [-0.15, -0.1) is 0 Å². The van der Waals surface area contributed by atoms with E-state index in [1.54, 1.807) is 0 Å². The van der Waals surface area contributed by atoms with Crippen LogP contribution in [0.1, 0.15) is 26.3 Å². The molecule has 0 bridgehead atoms. The first-order valence-electron chi connectivity index (χ1n) is 5.70. The fourth-order valence-corrected chi connectivity index (χ4v) is 1.84. The highest BCUT2D eigenvalue weighted by Gasteiger charge is 2.17. The maximum absolute atomic E-state index is 6.24. The van der Waals surface area contributed by atoms with Crippen molar-refractivity contribution in [1.82, 2.24) is 9.78 Å². The van der Waals surface area contributed by atoms with E-state index in [0.717, 1.165) is 11.3 Å². The van der Waals surface area contributed by atoms with Crippen LogP contribution in [0.15, 0.2) is 30.5 Å². The third-order valence-electron chi connectivity index (χ3n) is 2.68. The molecule has 0 saturated carbocycles. The van der Waals surface area contributed by atoms with E-state index in [1.807, 2.05) is 10.9 Å². The molecule has 0 fully saturated rings. The van der Waals surface area contributed by atoms with E-state index in [2.05, 4.69) is 57.1 Å². The summed E-state index contributed by atoms with van der Waals surface area (Å²) in [7, 11) is 0. The second-order valence-electron chi connectivity index (χ2n) is 5.31. The predicted molar refractivity (Wildman–Crippen MR) is 72.4 cm³/mol. The minimum Gasteiger partial charge on any atom is -0.265 e. The van der Waals surface area contributed by atoms with Gasteiger partial charge in [0.05, 0.1) is 10.6 Å². The van der Waals surface area contributed by atoms with Crippen LogP contribution in [0.2, 0.25) is 5.02 Å². The van der Waals surface area contributed by atoms with Crippen LogP contribution in [0.5, 0.6) is 0 Å². The van der Waals surface area contributed by atoms with Gasteiger partial charge in [-0.05, 0) is 27.7 Å². The van der Waals surface area contributed by atoms with Crippen LogP contribution in [0.25, 0.3) is 11.3 Å². The third-order valence-corrected chi connectivity index (χ3v) is 2.96. The Kier molecular flexibility index (Phi) is 3.00. The van der Waals surface area contributed by atoms with E-state index in [0.29, 0.717) is 5.02 Å². The topological polar surface area (TPSA) is 17.8 Å². The van der Waals surface area contributed by atoms with Gasteiger partial charge in [0.15, 0.2) is 0 Å². The number of hydrogen-bond donors (Lipinski definition) is 0. The number of nitrogens with zero attached hydrogens (tertiary/aromatic N) is 2. The van der Waals surface area contributed by atoms with E-state index in [1.165, 1.54) is 5.56 Å². The molecule has 2 aromatic rings. The molecule has 0 radical (unpaired) electrons. The number of hydrogen-bond acceptors (Lipinski definition) is 1. The first-order valence-corrected chi connectivity index (χ1v) is 6.08. The van der Waals surface area contributed by atoms with E-state index in [-0.39, 0.29) is 5.54 Å². The van der Waals surface area contributed by atoms with Crippen molar-refractivity contribution in [2.24, 2.45) is 0 Å². The fourth-order valence-electron chi connectivity index (χ4n) is 1.60. The van der Waals surface area contributed by atoms with Gasteiger partial charge in [-0.3, -0.25) is 4.68 Å². The summed E-state index contributed by atoms with van der Waals surface area (Å²) in [5.41, 5.74) is 3.09. The minimum absolute atomic E-state index is 0.0490. The van der Waals surface area contributed by atoms with Crippen molar-refractivity contribution in [3.05, 3.63) is 41.0 Å². The van der Waals surface area contributed by atoms with Crippen LogP contribution >= 0.6 is 11.6 Å². The van der Waals surface area contributed by atoms with Crippen molar-refractivity contribution >= 4 is 11.6 Å². The largest absolute Gasteiger partial charge is 0.265 e. The second-order valence-corrected chi connectivity index (χ2v) is 5.71. The molecular formula is C14H17ClN2. The molecule has 0 N–H and O–H groups in total. The monoisotopic (exact) mass is 248 g/mol. The van der Waals surface area contributed by atoms with E-state index >= 15 is 0 Å². The Hall–Kier alpha value is -1.28. The molecule has 0 aliphatic heterocycles. The lowest BCUT2D eigenvalue weighted by molar-refractivity contribution is 0.356. The highest BCUT2D eigenvalue weighted by molar-refractivity contribution is 6.33. The summed E-state index contributed by atoms with van der Waals surface area (Å²) < 4.78 is 1.91. The second kappa shape index (κ2) is 4.19. The molecule has 0 unspecified atom stereocenters. The van der Waals surface area contributed by atoms with Gasteiger partial charge >= 0.3 is 0 Å². The molecule has 1 aromatic heterocycles. The van der Waals surface area contributed by atoms with Crippen molar-refractivity contribution in [1.29, 1.82) is 0 Å². The van der Waals surface area contributed by atoms with Gasteiger partial charge in [-0.25, -0.2) is 0 Å². The third kappa shape index (κ3) is 2.52. The number of aryl methyl sites for hydroxylation is 1. The highest BCUT2D eigenvalue weighted by Crippen LogP contribution is 2.28. The zero-order valence-electron chi connectivity index (χ0n) is 10.7. The van der Waals surface area contributed by atoms with Crippen LogP contribution in [-0.4, -0.2) is 9.78 Å². The molecule has 2 nitrogen and oxygen atoms in total. The number of aromatic nitrogens is 2. The predicted octanol–water partition coefficient (Wildman–Crippen LogP) is 4.27. The number of benzene rings is 1. The van der Waals surface area contributed by atoms with Crippen molar-refractivity contribution in [2.75, 3.05) is 0 Å². The summed E-state index contributed by atoms with van der Waals surface area (Å²) in [5.74, 6) is 0. The Labute approximate surface area is 107 Å². The SMILES string of the molecule is Cc1ccc(-c2nn(C(C)(C)C)cc2Cl)cc1. The summed E-state index contributed by atoms with van der Waals surface area (Å²) in [6.45, 7) is 8.39. The molecule has 0 atom stereocenters. The normalized spacial score (nSPS) is 11.8. The summed E-state index contributed by atoms with van der Waals surface area (Å²) in [5, 5.41) is 5.26. The summed E-state index contributed by atoms with van der Waals surface area (Å²) in [6.07, 6.45) is 1.89. The van der Waals surface area contributed by atoms with Crippen molar-refractivity contribution in [2.45, 2.75) is 33.2 Å². The van der Waals surface area contributed by atoms with Gasteiger partial charge in [0.25, 0.3) is 0 Å². The Balaban J connectivity index is 2.46. The summed E-state index contributed by atoms with van der Waals surface area (Å²) >= 11 is 6.24. The maximum Gasteiger partial charge on any atom is 0.111 e. The summed E-state index contributed by atoms with van der Waals surface area (Å²) in [4.78, 5) is 0. The molecule has 1 aromatic carbocycles. The van der Waals surface area contributed by atoms with Gasteiger partial charge in [0.1, 0.15) is 5.69 Å². The lowest BCUT2D eigenvalue weighted by Crippen LogP contribution is -2.22. The lowest BCUT2D eigenvalue weighted by atomic mass is 10.1. The molecule has 1 heterocycles. The molecule has 0 saturated heterocycles. The number of rotatable bonds is 1. The zero-order chi connectivity index (χ0) is 12.6. The Morgan fingerprint density at radius 2 is 1.71 bits per heavy atom. The summed E-state index contributed by atoms with van der Waals surface area (Å²) in [6, 6.07) is 8.25. The molecule has 90 valence electrons.